The number of guanidine groups is 1. The highest BCUT2D eigenvalue weighted by molar-refractivity contribution is 5.79. The van der Waals surface area contributed by atoms with Crippen LogP contribution in [0.2, 0.25) is 0 Å². The predicted molar refractivity (Wildman–Crippen MR) is 120 cm³/mol. The van der Waals surface area contributed by atoms with Crippen LogP contribution < -0.4 is 15.4 Å². The summed E-state index contributed by atoms with van der Waals surface area (Å²) in [5, 5.41) is 17.1. The standard InChI is InChI=1S/C22H39N5O2/c1-5-23-22(24-11-14-27-13-6-12-26(4)15-16-27)25-17-21(28)19-7-9-20(10-8-19)29-18(2)3/h7-10,18,21,28H,5-6,11-17H2,1-4H3,(H2,23,24,25). The van der Waals surface area contributed by atoms with E-state index < -0.39 is 6.10 Å². The predicted octanol–water partition coefficient (Wildman–Crippen LogP) is 1.70. The fraction of sp³-hybridized carbons (Fsp3) is 0.682. The number of hydrogen-bond donors (Lipinski definition) is 3. The van der Waals surface area contributed by atoms with Gasteiger partial charge in [0, 0.05) is 32.7 Å². The molecule has 7 heteroatoms. The maximum absolute atomic E-state index is 10.5. The third-order valence-electron chi connectivity index (χ3n) is 4.94. The Bertz CT molecular complexity index is 606. The average molecular weight is 406 g/mol. The van der Waals surface area contributed by atoms with Gasteiger partial charge in [0.15, 0.2) is 5.96 Å². The molecule has 0 amide bonds. The van der Waals surface area contributed by atoms with Crippen LogP contribution in [0.15, 0.2) is 29.3 Å². The van der Waals surface area contributed by atoms with Crippen LogP contribution in [-0.4, -0.2) is 86.4 Å². The first-order valence-electron chi connectivity index (χ1n) is 10.9. The van der Waals surface area contributed by atoms with Gasteiger partial charge in [0.05, 0.1) is 18.8 Å². The first kappa shape index (κ1) is 23.4. The van der Waals surface area contributed by atoms with Gasteiger partial charge in [-0.3, -0.25) is 4.99 Å². The molecule has 1 fully saturated rings. The topological polar surface area (TPSA) is 72.4 Å². The lowest BCUT2D eigenvalue weighted by atomic mass is 10.1. The maximum Gasteiger partial charge on any atom is 0.191 e. The summed E-state index contributed by atoms with van der Waals surface area (Å²) in [4.78, 5) is 9.45. The smallest absolute Gasteiger partial charge is 0.191 e. The van der Waals surface area contributed by atoms with E-state index in [1.807, 2.05) is 45.0 Å². The second-order valence-electron chi connectivity index (χ2n) is 7.90. The van der Waals surface area contributed by atoms with E-state index in [4.69, 9.17) is 4.74 Å². The monoisotopic (exact) mass is 405 g/mol. The van der Waals surface area contributed by atoms with Crippen LogP contribution in [0, 0.1) is 0 Å². The molecule has 1 atom stereocenters. The van der Waals surface area contributed by atoms with Crippen molar-refractivity contribution >= 4 is 5.96 Å². The average Bonchev–Trinajstić information content (AvgIpc) is 2.90. The van der Waals surface area contributed by atoms with Crippen LogP contribution in [-0.2, 0) is 0 Å². The van der Waals surface area contributed by atoms with Crippen LogP contribution in [0.1, 0.15) is 38.9 Å². The van der Waals surface area contributed by atoms with E-state index in [-0.39, 0.29) is 6.10 Å². The summed E-state index contributed by atoms with van der Waals surface area (Å²) in [6, 6.07) is 7.58. The second kappa shape index (κ2) is 12.7. The molecular formula is C22H39N5O2. The molecular weight excluding hydrogens is 366 g/mol. The molecule has 0 aliphatic carbocycles. The molecule has 0 spiro atoms. The number of aliphatic imine (C=N–C) groups is 1. The van der Waals surface area contributed by atoms with E-state index in [0.29, 0.717) is 6.54 Å². The van der Waals surface area contributed by atoms with E-state index in [1.165, 1.54) is 13.0 Å². The highest BCUT2D eigenvalue weighted by atomic mass is 16.5. The van der Waals surface area contributed by atoms with Gasteiger partial charge in [-0.25, -0.2) is 0 Å². The molecule has 0 radical (unpaired) electrons. The molecule has 0 saturated carbocycles. The highest BCUT2D eigenvalue weighted by Gasteiger charge is 2.12. The Morgan fingerprint density at radius 3 is 2.59 bits per heavy atom. The number of aliphatic hydroxyl groups is 1. The fourth-order valence-corrected chi connectivity index (χ4v) is 3.32. The van der Waals surface area contributed by atoms with Crippen molar-refractivity contribution < 1.29 is 9.84 Å². The van der Waals surface area contributed by atoms with Gasteiger partial charge < -0.3 is 30.3 Å². The van der Waals surface area contributed by atoms with Crippen molar-refractivity contribution in [2.24, 2.45) is 4.99 Å². The molecule has 2 rings (SSSR count). The summed E-state index contributed by atoms with van der Waals surface area (Å²) in [5.74, 6) is 1.56. The first-order chi connectivity index (χ1) is 14.0. The molecule has 0 bridgehead atoms. The maximum atomic E-state index is 10.5. The van der Waals surface area contributed by atoms with Crippen molar-refractivity contribution in [3.8, 4) is 5.75 Å². The van der Waals surface area contributed by atoms with Crippen molar-refractivity contribution in [1.29, 1.82) is 0 Å². The minimum Gasteiger partial charge on any atom is -0.491 e. The van der Waals surface area contributed by atoms with Gasteiger partial charge in [-0.2, -0.15) is 0 Å². The lowest BCUT2D eigenvalue weighted by Gasteiger charge is -2.21. The Labute approximate surface area is 176 Å². The largest absolute Gasteiger partial charge is 0.491 e. The number of rotatable bonds is 9. The summed E-state index contributed by atoms with van der Waals surface area (Å²) < 4.78 is 5.65. The fourth-order valence-electron chi connectivity index (χ4n) is 3.32. The van der Waals surface area contributed by atoms with E-state index >= 15 is 0 Å². The quantitative estimate of drug-likeness (QED) is 0.429. The minimum absolute atomic E-state index is 0.138. The molecule has 0 aromatic heterocycles. The van der Waals surface area contributed by atoms with Gasteiger partial charge in [0.1, 0.15) is 5.75 Å². The SMILES string of the molecule is CCNC(=NCC(O)c1ccc(OC(C)C)cc1)NCCN1CCCN(C)CC1. The van der Waals surface area contributed by atoms with Crippen LogP contribution in [0.25, 0.3) is 0 Å². The molecule has 1 aliphatic heterocycles. The van der Waals surface area contributed by atoms with Crippen LogP contribution >= 0.6 is 0 Å². The molecule has 164 valence electrons. The van der Waals surface area contributed by atoms with Crippen molar-refractivity contribution in [1.82, 2.24) is 20.4 Å². The summed E-state index contributed by atoms with van der Waals surface area (Å²) in [7, 11) is 2.19. The second-order valence-corrected chi connectivity index (χ2v) is 7.90. The number of likely N-dealkylation sites (N-methyl/N-ethyl adjacent to an activating group) is 1. The minimum atomic E-state index is -0.639. The molecule has 1 aliphatic rings. The number of nitrogens with zero attached hydrogens (tertiary/aromatic N) is 3. The molecule has 1 unspecified atom stereocenters. The molecule has 1 heterocycles. The highest BCUT2D eigenvalue weighted by Crippen LogP contribution is 2.19. The molecule has 1 saturated heterocycles. The van der Waals surface area contributed by atoms with Crippen LogP contribution in [0.3, 0.4) is 0 Å². The molecule has 7 nitrogen and oxygen atoms in total. The zero-order chi connectivity index (χ0) is 21.1. The molecule has 1 aromatic rings. The lowest BCUT2D eigenvalue weighted by Crippen LogP contribution is -2.42. The third-order valence-corrected chi connectivity index (χ3v) is 4.94. The molecule has 1 aromatic carbocycles. The molecule has 29 heavy (non-hydrogen) atoms. The Morgan fingerprint density at radius 2 is 1.90 bits per heavy atom. The van der Waals surface area contributed by atoms with Gasteiger partial charge in [-0.15, -0.1) is 0 Å². The number of hydrogen-bond acceptors (Lipinski definition) is 5. The summed E-state index contributed by atoms with van der Waals surface area (Å²) in [5.41, 5.74) is 0.842. The number of ether oxygens (including phenoxy) is 1. The zero-order valence-corrected chi connectivity index (χ0v) is 18.5. The summed E-state index contributed by atoms with van der Waals surface area (Å²) >= 11 is 0. The van der Waals surface area contributed by atoms with Crippen molar-refractivity contribution in [2.75, 3.05) is 59.4 Å². The van der Waals surface area contributed by atoms with Gasteiger partial charge in [-0.1, -0.05) is 12.1 Å². The normalized spacial score (nSPS) is 17.8. The zero-order valence-electron chi connectivity index (χ0n) is 18.5. The van der Waals surface area contributed by atoms with Crippen molar-refractivity contribution in [2.45, 2.75) is 39.4 Å². The summed E-state index contributed by atoms with van der Waals surface area (Å²) in [6.45, 7) is 13.5. The van der Waals surface area contributed by atoms with Gasteiger partial charge in [-0.05, 0) is 65.0 Å². The van der Waals surface area contributed by atoms with Crippen LogP contribution in [0.4, 0.5) is 0 Å². The van der Waals surface area contributed by atoms with Gasteiger partial charge in [0.25, 0.3) is 0 Å². The van der Waals surface area contributed by atoms with E-state index in [2.05, 4.69) is 32.5 Å². The molecule has 3 N–H and O–H groups in total. The Hall–Kier alpha value is -1.83. The van der Waals surface area contributed by atoms with Gasteiger partial charge >= 0.3 is 0 Å². The van der Waals surface area contributed by atoms with Gasteiger partial charge in [0.2, 0.25) is 0 Å². The Balaban J connectivity index is 1.81. The Morgan fingerprint density at radius 1 is 1.14 bits per heavy atom. The number of nitrogens with one attached hydrogen (secondary N) is 2. The van der Waals surface area contributed by atoms with E-state index in [1.54, 1.807) is 0 Å². The summed E-state index contributed by atoms with van der Waals surface area (Å²) in [6.07, 6.45) is 0.719. The first-order valence-corrected chi connectivity index (χ1v) is 10.9. The number of benzene rings is 1. The van der Waals surface area contributed by atoms with Crippen molar-refractivity contribution in [3.05, 3.63) is 29.8 Å². The van der Waals surface area contributed by atoms with E-state index in [0.717, 1.165) is 56.5 Å². The number of aliphatic hydroxyl groups excluding tert-OH is 1. The Kier molecular flexibility index (Phi) is 10.2. The lowest BCUT2D eigenvalue weighted by molar-refractivity contribution is 0.186. The van der Waals surface area contributed by atoms with Crippen molar-refractivity contribution in [3.63, 3.8) is 0 Å². The van der Waals surface area contributed by atoms with Crippen LogP contribution in [0.5, 0.6) is 5.75 Å². The third kappa shape index (κ3) is 9.02. The van der Waals surface area contributed by atoms with E-state index in [9.17, 15) is 5.11 Å².